The molecule has 0 aliphatic rings. The average Bonchev–Trinajstić information content (AvgIpc) is 2.83. The maximum atomic E-state index is 9.99. The van der Waals surface area contributed by atoms with Crippen molar-refractivity contribution in [2.45, 2.75) is 72.6 Å². The van der Waals surface area contributed by atoms with Gasteiger partial charge in [0.1, 0.15) is 11.5 Å². The van der Waals surface area contributed by atoms with E-state index in [2.05, 4.69) is 23.8 Å². The molecule has 0 unspecified atom stereocenters. The molecule has 2 rings (SSSR count). The molecule has 0 spiro atoms. The fourth-order valence-electron chi connectivity index (χ4n) is 3.07. The Kier molecular flexibility index (Phi) is 22.4. The van der Waals surface area contributed by atoms with E-state index in [9.17, 15) is 10.2 Å². The van der Waals surface area contributed by atoms with Gasteiger partial charge in [0.05, 0.1) is 0 Å². The molecule has 9 heteroatoms. The van der Waals surface area contributed by atoms with E-state index in [-0.39, 0.29) is 28.3 Å². The van der Waals surface area contributed by atoms with Crippen LogP contribution in [-0.2, 0) is 39.2 Å². The first-order valence-electron chi connectivity index (χ1n) is 12.6. The third-order valence-corrected chi connectivity index (χ3v) is 4.86. The smallest absolute Gasteiger partial charge is 0.550 e. The van der Waals surface area contributed by atoms with E-state index in [1.807, 2.05) is 24.3 Å². The number of aliphatic imine (C=N–C) groups is 2. The second-order valence-electron chi connectivity index (χ2n) is 8.40. The van der Waals surface area contributed by atoms with Gasteiger partial charge >= 0.3 is 16.8 Å². The van der Waals surface area contributed by atoms with Crippen molar-refractivity contribution in [2.75, 3.05) is 13.1 Å². The predicted molar refractivity (Wildman–Crippen MR) is 144 cm³/mol. The average molecular weight is 572 g/mol. The summed E-state index contributed by atoms with van der Waals surface area (Å²) < 4.78 is 0. The zero-order valence-corrected chi connectivity index (χ0v) is 23.8. The van der Waals surface area contributed by atoms with Crippen LogP contribution in [0, 0.1) is 0 Å². The number of aliphatic carboxylic acids is 2. The third-order valence-electron chi connectivity index (χ3n) is 4.86. The van der Waals surface area contributed by atoms with Gasteiger partial charge in [-0.15, -0.1) is 0 Å². The number of hydrogen-bond donors (Lipinski definition) is 2. The summed E-state index contributed by atoms with van der Waals surface area (Å²) in [6.45, 7) is 7.60. The number of nitrogens with zero attached hydrogens (tertiary/aromatic N) is 2. The second-order valence-corrected chi connectivity index (χ2v) is 8.40. The summed E-state index contributed by atoms with van der Waals surface area (Å²) in [4.78, 5) is 26.6. The SMILES string of the molecule is CC(=O)[O-].CC(=O)[O-].CCCCc1ccc(O)c(C=NCCCN=Cc2cc(CCCC)ccc2O)c1.[Co+2]. The monoisotopic (exact) mass is 571 g/mol. The van der Waals surface area contributed by atoms with Gasteiger partial charge in [-0.1, -0.05) is 38.8 Å². The standard InChI is InChI=1S/C25H34N2O2.2C2H4O2.Co/c1-3-5-8-20-10-12-24(28)22(16-20)18-26-14-7-15-27-19-23-17-21(9-6-4-2)11-13-25(23)29;2*1-2(3)4;/h10-13,16-19,28-29H,3-9,14-15H2,1-2H3;2*1H3,(H,3,4);/q;;;+2/p-2. The molecule has 0 aliphatic carbocycles. The molecule has 2 N–H and O–H groups in total. The van der Waals surface area contributed by atoms with Gasteiger partial charge in [0.25, 0.3) is 0 Å². The van der Waals surface area contributed by atoms with Gasteiger partial charge in [-0.25, -0.2) is 0 Å². The van der Waals surface area contributed by atoms with Crippen LogP contribution in [0.25, 0.3) is 0 Å². The molecule has 0 saturated carbocycles. The Morgan fingerprint density at radius 2 is 1.08 bits per heavy atom. The van der Waals surface area contributed by atoms with Crippen LogP contribution in [0.2, 0.25) is 0 Å². The van der Waals surface area contributed by atoms with E-state index in [0.29, 0.717) is 13.1 Å². The maximum absolute atomic E-state index is 9.99. The number of carbonyl (C=O) groups is 2. The van der Waals surface area contributed by atoms with Gasteiger partial charge in [-0.3, -0.25) is 9.98 Å². The minimum atomic E-state index is -1.08. The van der Waals surface area contributed by atoms with E-state index >= 15 is 0 Å². The van der Waals surface area contributed by atoms with Gasteiger partial charge in [-0.2, -0.15) is 0 Å². The Labute approximate surface area is 236 Å². The number of carboxylic acids is 2. The molecule has 2 aromatic rings. The van der Waals surface area contributed by atoms with Crippen LogP contribution >= 0.6 is 0 Å². The minimum Gasteiger partial charge on any atom is -0.550 e. The largest absolute Gasteiger partial charge is 2.00 e. The first-order valence-corrected chi connectivity index (χ1v) is 12.6. The van der Waals surface area contributed by atoms with Crippen molar-refractivity contribution in [2.24, 2.45) is 9.98 Å². The zero-order chi connectivity index (χ0) is 28.1. The van der Waals surface area contributed by atoms with Crippen molar-refractivity contribution in [3.8, 4) is 11.5 Å². The number of unbranched alkanes of at least 4 members (excludes halogenated alkanes) is 2. The Hall–Kier alpha value is -3.17. The fraction of sp³-hybridized carbons (Fsp3) is 0.448. The van der Waals surface area contributed by atoms with Crippen LogP contribution in [-0.4, -0.2) is 47.7 Å². The van der Waals surface area contributed by atoms with Gasteiger partial charge in [0.15, 0.2) is 0 Å². The molecule has 0 heterocycles. The molecule has 0 aromatic heterocycles. The Balaban J connectivity index is 0. The fourth-order valence-corrected chi connectivity index (χ4v) is 3.07. The van der Waals surface area contributed by atoms with E-state index in [1.165, 1.54) is 11.1 Å². The molecule has 0 bridgehead atoms. The Bertz CT molecular complexity index is 921. The predicted octanol–water partition coefficient (Wildman–Crippen LogP) is 3.22. The zero-order valence-electron chi connectivity index (χ0n) is 22.7. The number of hydrogen-bond acceptors (Lipinski definition) is 8. The molecule has 211 valence electrons. The molecule has 2 aromatic carbocycles. The number of aromatic hydroxyl groups is 2. The number of rotatable bonds is 12. The molecule has 0 fully saturated rings. The van der Waals surface area contributed by atoms with Crippen LogP contribution < -0.4 is 10.2 Å². The summed E-state index contributed by atoms with van der Waals surface area (Å²) in [6, 6.07) is 11.5. The topological polar surface area (TPSA) is 145 Å². The van der Waals surface area contributed by atoms with Crippen molar-refractivity contribution < 1.29 is 46.8 Å². The number of benzene rings is 2. The summed E-state index contributed by atoms with van der Waals surface area (Å²) in [7, 11) is 0. The maximum Gasteiger partial charge on any atom is 2.00 e. The molecule has 0 aliphatic heterocycles. The Morgan fingerprint density at radius 3 is 1.39 bits per heavy atom. The van der Waals surface area contributed by atoms with E-state index < -0.39 is 11.9 Å². The van der Waals surface area contributed by atoms with Crippen LogP contribution in [0.15, 0.2) is 46.4 Å². The summed E-state index contributed by atoms with van der Waals surface area (Å²) in [5.74, 6) is -1.63. The van der Waals surface area contributed by atoms with Crippen molar-refractivity contribution >= 4 is 24.4 Å². The van der Waals surface area contributed by atoms with Crippen LogP contribution in [0.3, 0.4) is 0 Å². The van der Waals surface area contributed by atoms with Gasteiger partial charge in [0.2, 0.25) is 0 Å². The number of aryl methyl sites for hydroxylation is 2. The first kappa shape index (κ1) is 37.0. The van der Waals surface area contributed by atoms with E-state index in [0.717, 1.165) is 69.9 Å². The van der Waals surface area contributed by atoms with Crippen LogP contribution in [0.1, 0.15) is 82.1 Å². The van der Waals surface area contributed by atoms with Crippen molar-refractivity contribution in [1.29, 1.82) is 0 Å². The normalized spacial score (nSPS) is 10.2. The van der Waals surface area contributed by atoms with E-state index in [1.54, 1.807) is 24.6 Å². The number of carboxylic acid groups (broad SMARTS) is 2. The molecular formula is C29H40CoN2O6. The first-order chi connectivity index (χ1) is 17.6. The molecule has 8 nitrogen and oxygen atoms in total. The molecule has 38 heavy (non-hydrogen) atoms. The summed E-state index contributed by atoms with van der Waals surface area (Å²) in [6.07, 6.45) is 11.0. The van der Waals surface area contributed by atoms with Gasteiger partial charge < -0.3 is 30.0 Å². The van der Waals surface area contributed by atoms with Crippen LogP contribution in [0.5, 0.6) is 11.5 Å². The summed E-state index contributed by atoms with van der Waals surface area (Å²) in [5, 5.41) is 37.8. The van der Waals surface area contributed by atoms with Gasteiger partial charge in [-0.05, 0) is 81.3 Å². The van der Waals surface area contributed by atoms with Crippen molar-refractivity contribution in [3.05, 3.63) is 58.7 Å². The quantitative estimate of drug-likeness (QED) is 0.296. The van der Waals surface area contributed by atoms with Crippen LogP contribution in [0.4, 0.5) is 0 Å². The minimum absolute atomic E-state index is 0. The summed E-state index contributed by atoms with van der Waals surface area (Å²) in [5.41, 5.74) is 4.01. The van der Waals surface area contributed by atoms with E-state index in [4.69, 9.17) is 19.8 Å². The molecular weight excluding hydrogens is 531 g/mol. The third kappa shape index (κ3) is 19.9. The molecule has 0 amide bonds. The van der Waals surface area contributed by atoms with Crippen molar-refractivity contribution in [1.82, 2.24) is 0 Å². The molecule has 0 saturated heterocycles. The van der Waals surface area contributed by atoms with Gasteiger partial charge in [0, 0.05) is 48.6 Å². The number of phenolic OH excluding ortho intramolecular Hbond substituents is 2. The molecule has 1 radical (unpaired) electrons. The summed E-state index contributed by atoms with van der Waals surface area (Å²) >= 11 is 0. The number of carbonyl (C=O) groups excluding carboxylic acids is 2. The second kappa shape index (κ2) is 23.0. The van der Waals surface area contributed by atoms with Crippen molar-refractivity contribution in [3.63, 3.8) is 0 Å². The number of phenols is 2. The molecule has 0 atom stereocenters. The Morgan fingerprint density at radius 1 is 0.737 bits per heavy atom.